The van der Waals surface area contributed by atoms with Gasteiger partial charge in [0.15, 0.2) is 0 Å². The van der Waals surface area contributed by atoms with Gasteiger partial charge in [-0.25, -0.2) is 0 Å². The van der Waals surface area contributed by atoms with Gasteiger partial charge in [-0.05, 0) is 75.9 Å². The van der Waals surface area contributed by atoms with Crippen LogP contribution in [-0.4, -0.2) is 33.1 Å². The zero-order valence-electron chi connectivity index (χ0n) is 15.3. The van der Waals surface area contributed by atoms with Crippen LogP contribution in [0.1, 0.15) is 65.7 Å². The second-order valence-electron chi connectivity index (χ2n) is 8.39. The van der Waals surface area contributed by atoms with Crippen molar-refractivity contribution >= 4 is 0 Å². The minimum atomic E-state index is -0.985. The van der Waals surface area contributed by atoms with Gasteiger partial charge in [-0.15, -0.1) is 0 Å². The molecule has 0 aliphatic heterocycles. The monoisotopic (exact) mass is 332 g/mol. The molecule has 3 aliphatic carbocycles. The maximum Gasteiger partial charge on any atom is 0.0961 e. The lowest BCUT2D eigenvalue weighted by Gasteiger charge is -2.47. The van der Waals surface area contributed by atoms with E-state index in [1.807, 2.05) is 0 Å². The van der Waals surface area contributed by atoms with E-state index < -0.39 is 11.7 Å². The van der Waals surface area contributed by atoms with Crippen molar-refractivity contribution in [1.82, 2.24) is 0 Å². The summed E-state index contributed by atoms with van der Waals surface area (Å²) in [4.78, 5) is 0. The summed E-state index contributed by atoms with van der Waals surface area (Å²) in [5.41, 5.74) is 2.68. The molecule has 3 heteroatoms. The Morgan fingerprint density at radius 1 is 1.25 bits per heavy atom. The number of aliphatic hydroxyl groups is 3. The normalized spacial score (nSPS) is 41.5. The lowest BCUT2D eigenvalue weighted by Crippen LogP contribution is -2.53. The zero-order valence-corrected chi connectivity index (χ0v) is 15.3. The number of fused-ring (bicyclic) bond motifs is 1. The predicted molar refractivity (Wildman–Crippen MR) is 96.5 cm³/mol. The molecule has 3 nitrogen and oxygen atoms in total. The quantitative estimate of drug-likeness (QED) is 0.739. The average molecular weight is 332 g/mol. The number of hydrogen-bond donors (Lipinski definition) is 3. The number of rotatable bonds is 3. The Hall–Kier alpha value is -0.900. The Kier molecular flexibility index (Phi) is 4.80. The molecule has 0 spiro atoms. The molecule has 1 fully saturated rings. The highest BCUT2D eigenvalue weighted by Gasteiger charge is 2.59. The molecule has 134 valence electrons. The van der Waals surface area contributed by atoms with Gasteiger partial charge in [0.1, 0.15) is 0 Å². The van der Waals surface area contributed by atoms with Gasteiger partial charge in [0.25, 0.3) is 0 Å². The number of allylic oxidation sites excluding steroid dienone is 5. The fraction of sp³-hybridized carbons (Fsp3) is 0.714. The predicted octanol–water partition coefficient (Wildman–Crippen LogP) is 3.65. The van der Waals surface area contributed by atoms with Gasteiger partial charge in [0.2, 0.25) is 0 Å². The van der Waals surface area contributed by atoms with Crippen molar-refractivity contribution in [2.45, 2.75) is 83.5 Å². The minimum Gasteiger partial charge on any atom is -0.393 e. The molecule has 3 rings (SSSR count). The van der Waals surface area contributed by atoms with Gasteiger partial charge in [-0.3, -0.25) is 0 Å². The van der Waals surface area contributed by atoms with E-state index in [0.29, 0.717) is 12.3 Å². The molecule has 0 bridgehead atoms. The van der Waals surface area contributed by atoms with Gasteiger partial charge in [-0.2, -0.15) is 0 Å². The molecule has 3 aliphatic rings. The maximum absolute atomic E-state index is 11.1. The molecule has 0 radical (unpaired) electrons. The van der Waals surface area contributed by atoms with E-state index in [4.69, 9.17) is 0 Å². The third kappa shape index (κ3) is 2.81. The first-order valence-corrected chi connectivity index (χ1v) is 9.43. The highest BCUT2D eigenvalue weighted by molar-refractivity contribution is 5.37. The fourth-order valence-electron chi connectivity index (χ4n) is 5.23. The van der Waals surface area contributed by atoms with E-state index >= 15 is 0 Å². The van der Waals surface area contributed by atoms with Gasteiger partial charge in [0, 0.05) is 5.41 Å². The first kappa shape index (κ1) is 17.9. The molecule has 0 saturated heterocycles. The Morgan fingerprint density at radius 2 is 2.00 bits per heavy atom. The summed E-state index contributed by atoms with van der Waals surface area (Å²) >= 11 is 0. The zero-order chi connectivity index (χ0) is 17.5. The first-order valence-electron chi connectivity index (χ1n) is 9.43. The second kappa shape index (κ2) is 6.44. The Bertz CT molecular complexity index is 586. The highest BCUT2D eigenvalue weighted by Crippen LogP contribution is 2.59. The van der Waals surface area contributed by atoms with E-state index in [-0.39, 0.29) is 11.5 Å². The van der Waals surface area contributed by atoms with Crippen LogP contribution in [0, 0.1) is 11.3 Å². The molecule has 1 saturated carbocycles. The molecule has 0 aromatic rings. The summed E-state index contributed by atoms with van der Waals surface area (Å²) in [6, 6.07) is 0. The van der Waals surface area contributed by atoms with Crippen molar-refractivity contribution in [1.29, 1.82) is 0 Å². The largest absolute Gasteiger partial charge is 0.393 e. The lowest BCUT2D eigenvalue weighted by atomic mass is 9.62. The van der Waals surface area contributed by atoms with Crippen LogP contribution in [0.25, 0.3) is 0 Å². The van der Waals surface area contributed by atoms with Gasteiger partial charge < -0.3 is 15.3 Å². The number of aliphatic hydroxyl groups excluding tert-OH is 2. The topological polar surface area (TPSA) is 60.7 Å². The Labute approximate surface area is 145 Å². The fourth-order valence-corrected chi connectivity index (χ4v) is 5.23. The van der Waals surface area contributed by atoms with Crippen LogP contribution in [-0.2, 0) is 0 Å². The Morgan fingerprint density at radius 3 is 2.71 bits per heavy atom. The van der Waals surface area contributed by atoms with Crippen LogP contribution in [0.2, 0.25) is 0 Å². The van der Waals surface area contributed by atoms with Crippen molar-refractivity contribution in [3.8, 4) is 0 Å². The molecular formula is C21H32O3. The van der Waals surface area contributed by atoms with Crippen molar-refractivity contribution < 1.29 is 15.3 Å². The van der Waals surface area contributed by atoms with E-state index in [0.717, 1.165) is 38.5 Å². The molecule has 0 unspecified atom stereocenters. The van der Waals surface area contributed by atoms with Crippen molar-refractivity contribution in [3.05, 3.63) is 34.9 Å². The van der Waals surface area contributed by atoms with Gasteiger partial charge in [-0.1, -0.05) is 30.7 Å². The molecule has 5 atom stereocenters. The van der Waals surface area contributed by atoms with Crippen LogP contribution < -0.4 is 0 Å². The standard InChI is InChI=1S/C21H32O3/c1-14-6-9-18(23)13-17(14)8-7-16-5-4-11-20(3)19(16)10-12-21(20,24)15(2)22/h5,7-8,15,18-19,22-24H,4,6,9-13H2,1-3H3/t15-,18+,19+,20+,21+/m1/s1. The maximum atomic E-state index is 11.1. The molecule has 0 aromatic carbocycles. The first-order chi connectivity index (χ1) is 11.3. The summed E-state index contributed by atoms with van der Waals surface area (Å²) in [6.07, 6.45) is 11.8. The summed E-state index contributed by atoms with van der Waals surface area (Å²) in [6.45, 7) is 6.03. The number of hydrogen-bond acceptors (Lipinski definition) is 3. The molecule has 0 amide bonds. The SMILES string of the molecule is CC1=C(C=CC2=CCC[C@@]3(C)[C@H]2CC[C@]3(O)[C@@H](C)O)C[C@@H](O)CC1. The van der Waals surface area contributed by atoms with Crippen molar-refractivity contribution in [3.63, 3.8) is 0 Å². The molecule has 0 aromatic heterocycles. The average Bonchev–Trinajstić information content (AvgIpc) is 2.82. The lowest BCUT2D eigenvalue weighted by molar-refractivity contribution is -0.141. The minimum absolute atomic E-state index is 0.217. The van der Waals surface area contributed by atoms with Gasteiger partial charge >= 0.3 is 0 Å². The summed E-state index contributed by atoms with van der Waals surface area (Å²) in [5.74, 6) is 0.302. The molecule has 0 heterocycles. The molecule has 3 N–H and O–H groups in total. The molecule has 24 heavy (non-hydrogen) atoms. The third-order valence-electron chi connectivity index (χ3n) is 7.04. The summed E-state index contributed by atoms with van der Waals surface area (Å²) < 4.78 is 0. The van der Waals surface area contributed by atoms with Crippen LogP contribution in [0.3, 0.4) is 0 Å². The highest BCUT2D eigenvalue weighted by atomic mass is 16.3. The van der Waals surface area contributed by atoms with Crippen LogP contribution in [0.15, 0.2) is 34.9 Å². The van der Waals surface area contributed by atoms with E-state index in [9.17, 15) is 15.3 Å². The van der Waals surface area contributed by atoms with E-state index in [2.05, 4.69) is 32.1 Å². The van der Waals surface area contributed by atoms with Gasteiger partial charge in [0.05, 0.1) is 17.8 Å². The summed E-state index contributed by atoms with van der Waals surface area (Å²) in [7, 11) is 0. The molecular weight excluding hydrogens is 300 g/mol. The van der Waals surface area contributed by atoms with Crippen molar-refractivity contribution in [2.24, 2.45) is 11.3 Å². The third-order valence-corrected chi connectivity index (χ3v) is 7.04. The van der Waals surface area contributed by atoms with Crippen LogP contribution in [0.5, 0.6) is 0 Å². The van der Waals surface area contributed by atoms with E-state index in [1.54, 1.807) is 6.92 Å². The van der Waals surface area contributed by atoms with Crippen LogP contribution in [0.4, 0.5) is 0 Å². The van der Waals surface area contributed by atoms with Crippen molar-refractivity contribution in [2.75, 3.05) is 0 Å². The van der Waals surface area contributed by atoms with E-state index in [1.165, 1.54) is 16.7 Å². The smallest absolute Gasteiger partial charge is 0.0961 e. The van der Waals surface area contributed by atoms with Crippen LogP contribution >= 0.6 is 0 Å². The second-order valence-corrected chi connectivity index (χ2v) is 8.39. The summed E-state index contributed by atoms with van der Waals surface area (Å²) in [5, 5.41) is 31.2. The Balaban J connectivity index is 1.83.